The minimum Gasteiger partial charge on any atom is -0.489 e. The molecule has 0 bridgehead atoms. The Hall–Kier alpha value is -2.05. The van der Waals surface area contributed by atoms with Crippen LogP contribution in [0.1, 0.15) is 30.5 Å². The van der Waals surface area contributed by atoms with E-state index in [1.165, 1.54) is 17.7 Å². The Morgan fingerprint density at radius 2 is 1.44 bits per heavy atom. The van der Waals surface area contributed by atoms with Gasteiger partial charge in [0, 0.05) is 31.7 Å². The molecule has 6 heteroatoms. The van der Waals surface area contributed by atoms with Gasteiger partial charge < -0.3 is 10.1 Å². The lowest BCUT2D eigenvalue weighted by Crippen LogP contribution is -2.51. The Kier molecular flexibility index (Phi) is 5.77. The number of halogens is 3. The Morgan fingerprint density at radius 3 is 2.00 bits per heavy atom. The van der Waals surface area contributed by atoms with Crippen LogP contribution in [0.15, 0.2) is 48.5 Å². The predicted molar refractivity (Wildman–Crippen MR) is 99.7 cm³/mol. The van der Waals surface area contributed by atoms with E-state index in [9.17, 15) is 13.2 Å². The number of alkyl halides is 3. The van der Waals surface area contributed by atoms with Crippen LogP contribution >= 0.6 is 0 Å². The number of hydrogen-bond acceptors (Lipinski definition) is 3. The van der Waals surface area contributed by atoms with Gasteiger partial charge in [-0.05, 0) is 49.2 Å². The van der Waals surface area contributed by atoms with E-state index in [1.807, 2.05) is 12.1 Å². The van der Waals surface area contributed by atoms with Gasteiger partial charge in [0.25, 0.3) is 0 Å². The highest BCUT2D eigenvalue weighted by atomic mass is 19.4. The summed E-state index contributed by atoms with van der Waals surface area (Å²) in [7, 11) is 0. The fourth-order valence-corrected chi connectivity index (χ4v) is 3.32. The lowest BCUT2D eigenvalue weighted by atomic mass is 9.91. The van der Waals surface area contributed by atoms with Gasteiger partial charge in [-0.1, -0.05) is 24.3 Å². The van der Waals surface area contributed by atoms with Crippen LogP contribution in [0.2, 0.25) is 0 Å². The SMILES string of the molecule is CC(C)(c1ccc(OCc2ccc(C(F)(F)F)cc2)cc1)N1CCNCC1. The maximum Gasteiger partial charge on any atom is 0.416 e. The van der Waals surface area contributed by atoms with Crippen molar-refractivity contribution in [3.63, 3.8) is 0 Å². The van der Waals surface area contributed by atoms with Crippen LogP contribution in [-0.2, 0) is 18.3 Å². The summed E-state index contributed by atoms with van der Waals surface area (Å²) in [4.78, 5) is 2.46. The fourth-order valence-electron chi connectivity index (χ4n) is 3.32. The molecule has 1 aliphatic heterocycles. The monoisotopic (exact) mass is 378 g/mol. The number of benzene rings is 2. The van der Waals surface area contributed by atoms with Crippen LogP contribution in [0.25, 0.3) is 0 Å². The molecule has 146 valence electrons. The van der Waals surface area contributed by atoms with Crippen LogP contribution in [-0.4, -0.2) is 31.1 Å². The van der Waals surface area contributed by atoms with E-state index in [0.717, 1.165) is 38.3 Å². The van der Waals surface area contributed by atoms with Crippen molar-refractivity contribution in [2.24, 2.45) is 0 Å². The number of ether oxygens (including phenoxy) is 1. The minimum atomic E-state index is -4.31. The lowest BCUT2D eigenvalue weighted by molar-refractivity contribution is -0.137. The summed E-state index contributed by atoms with van der Waals surface area (Å²) in [5.74, 6) is 0.703. The van der Waals surface area contributed by atoms with Crippen LogP contribution in [0, 0.1) is 0 Å². The molecule has 2 aromatic rings. The molecule has 1 saturated heterocycles. The highest BCUT2D eigenvalue weighted by Gasteiger charge is 2.30. The van der Waals surface area contributed by atoms with E-state index < -0.39 is 11.7 Å². The first kappa shape index (κ1) is 19.7. The lowest BCUT2D eigenvalue weighted by Gasteiger charge is -2.41. The molecule has 1 N–H and O–H groups in total. The van der Waals surface area contributed by atoms with Crippen molar-refractivity contribution < 1.29 is 17.9 Å². The zero-order valence-corrected chi connectivity index (χ0v) is 15.6. The summed E-state index contributed by atoms with van der Waals surface area (Å²) >= 11 is 0. The average Bonchev–Trinajstić information content (AvgIpc) is 2.67. The van der Waals surface area contributed by atoms with Crippen molar-refractivity contribution in [1.82, 2.24) is 10.2 Å². The fraction of sp³-hybridized carbons (Fsp3) is 0.429. The van der Waals surface area contributed by atoms with Crippen LogP contribution in [0.5, 0.6) is 5.75 Å². The molecule has 3 rings (SSSR count). The van der Waals surface area contributed by atoms with Gasteiger partial charge in [-0.3, -0.25) is 4.90 Å². The molecular formula is C21H25F3N2O. The average molecular weight is 378 g/mol. The van der Waals surface area contributed by atoms with Crippen LogP contribution in [0.4, 0.5) is 13.2 Å². The maximum atomic E-state index is 12.6. The maximum absolute atomic E-state index is 12.6. The topological polar surface area (TPSA) is 24.5 Å². The van der Waals surface area contributed by atoms with Gasteiger partial charge >= 0.3 is 6.18 Å². The van der Waals surface area contributed by atoms with Gasteiger partial charge in [0.1, 0.15) is 12.4 Å². The van der Waals surface area contributed by atoms with Crippen molar-refractivity contribution in [3.05, 3.63) is 65.2 Å². The smallest absolute Gasteiger partial charge is 0.416 e. The van der Waals surface area contributed by atoms with Gasteiger partial charge in [0.2, 0.25) is 0 Å². The van der Waals surface area contributed by atoms with Crippen LogP contribution < -0.4 is 10.1 Å². The summed E-state index contributed by atoms with van der Waals surface area (Å²) in [6, 6.07) is 13.0. The summed E-state index contributed by atoms with van der Waals surface area (Å²) < 4.78 is 43.5. The molecule has 0 amide bonds. The zero-order chi connectivity index (χ0) is 19.5. The zero-order valence-electron chi connectivity index (χ0n) is 15.6. The van der Waals surface area contributed by atoms with E-state index in [-0.39, 0.29) is 12.1 Å². The Morgan fingerprint density at radius 1 is 0.889 bits per heavy atom. The van der Waals surface area contributed by atoms with E-state index in [0.29, 0.717) is 11.3 Å². The molecule has 0 atom stereocenters. The second-order valence-electron chi connectivity index (χ2n) is 7.30. The normalized spacial score (nSPS) is 16.3. The first-order chi connectivity index (χ1) is 12.8. The molecule has 27 heavy (non-hydrogen) atoms. The molecule has 0 aliphatic carbocycles. The van der Waals surface area contributed by atoms with E-state index >= 15 is 0 Å². The molecule has 0 spiro atoms. The Bertz CT molecular complexity index is 734. The molecule has 1 heterocycles. The van der Waals surface area contributed by atoms with Gasteiger partial charge in [0.15, 0.2) is 0 Å². The number of rotatable bonds is 5. The van der Waals surface area contributed by atoms with Gasteiger partial charge in [-0.15, -0.1) is 0 Å². The number of hydrogen-bond donors (Lipinski definition) is 1. The summed E-state index contributed by atoms with van der Waals surface area (Å²) in [5, 5.41) is 3.37. The molecule has 1 fully saturated rings. The van der Waals surface area contributed by atoms with Crippen molar-refractivity contribution in [1.29, 1.82) is 0 Å². The van der Waals surface area contributed by atoms with Gasteiger partial charge in [-0.25, -0.2) is 0 Å². The largest absolute Gasteiger partial charge is 0.489 e. The molecule has 1 aliphatic rings. The quantitative estimate of drug-likeness (QED) is 0.833. The predicted octanol–water partition coefficient (Wildman–Crippen LogP) is 4.42. The first-order valence-corrected chi connectivity index (χ1v) is 9.12. The van der Waals surface area contributed by atoms with Crippen molar-refractivity contribution in [3.8, 4) is 5.75 Å². The van der Waals surface area contributed by atoms with Gasteiger partial charge in [0.05, 0.1) is 5.56 Å². The molecule has 2 aromatic carbocycles. The van der Waals surface area contributed by atoms with E-state index in [1.54, 1.807) is 0 Å². The minimum absolute atomic E-state index is 0.0615. The highest BCUT2D eigenvalue weighted by molar-refractivity contribution is 5.32. The van der Waals surface area contributed by atoms with Crippen molar-refractivity contribution >= 4 is 0 Å². The summed E-state index contributed by atoms with van der Waals surface area (Å²) in [5.41, 5.74) is 1.21. The molecule has 0 radical (unpaired) electrons. The molecular weight excluding hydrogens is 353 g/mol. The number of nitrogens with one attached hydrogen (secondary N) is 1. The third-order valence-electron chi connectivity index (χ3n) is 5.16. The Labute approximate surface area is 158 Å². The molecule has 0 aromatic heterocycles. The molecule has 0 saturated carbocycles. The number of nitrogens with zero attached hydrogens (tertiary/aromatic N) is 1. The second kappa shape index (κ2) is 7.90. The van der Waals surface area contributed by atoms with Crippen molar-refractivity contribution in [2.45, 2.75) is 32.2 Å². The molecule has 3 nitrogen and oxygen atoms in total. The van der Waals surface area contributed by atoms with Gasteiger partial charge in [-0.2, -0.15) is 13.2 Å². The van der Waals surface area contributed by atoms with E-state index in [4.69, 9.17) is 4.74 Å². The van der Waals surface area contributed by atoms with Crippen molar-refractivity contribution in [2.75, 3.05) is 26.2 Å². The third-order valence-corrected chi connectivity index (χ3v) is 5.16. The third kappa shape index (κ3) is 4.82. The van der Waals surface area contributed by atoms with Crippen LogP contribution in [0.3, 0.4) is 0 Å². The first-order valence-electron chi connectivity index (χ1n) is 9.12. The number of piperazine rings is 1. The highest BCUT2D eigenvalue weighted by Crippen LogP contribution is 2.30. The van der Waals surface area contributed by atoms with E-state index in [2.05, 4.69) is 36.2 Å². The Balaban J connectivity index is 1.60. The second-order valence-corrected chi connectivity index (χ2v) is 7.30. The molecule has 0 unspecified atom stereocenters. The summed E-state index contributed by atoms with van der Waals surface area (Å²) in [6.45, 7) is 8.69. The summed E-state index contributed by atoms with van der Waals surface area (Å²) in [6.07, 6.45) is -4.31. The standard InChI is InChI=1S/C21H25F3N2O/c1-20(2,26-13-11-25-12-14-26)17-7-9-19(10-8-17)27-15-16-3-5-18(6-4-16)21(22,23)24/h3-10,25H,11-15H2,1-2H3.